The molecule has 1 aromatic carbocycles. The minimum atomic E-state index is -4.50. The third-order valence-corrected chi connectivity index (χ3v) is 5.64. The molecule has 0 radical (unpaired) electrons. The van der Waals surface area contributed by atoms with Crippen LogP contribution in [0.2, 0.25) is 0 Å². The second kappa shape index (κ2) is 8.35. The Morgan fingerprint density at radius 1 is 1.32 bits per heavy atom. The molecule has 1 aliphatic heterocycles. The number of amides is 1. The summed E-state index contributed by atoms with van der Waals surface area (Å²) < 4.78 is 62.8. The number of carbonyl (C=O) groups is 1. The summed E-state index contributed by atoms with van der Waals surface area (Å²) in [4.78, 5) is 11.6. The standard InChI is InChI=1S/C14H18F3N3O3S.ClH/c1-10-8-18-6-7-20(10)24(22,23)12-4-2-11(3-5-12)13(21)19-9-14(15,16)17;/h2-5,10,18H,6-9H2,1H3,(H,19,21);1H. The van der Waals surface area contributed by atoms with E-state index < -0.39 is 28.7 Å². The second-order valence-electron chi connectivity index (χ2n) is 5.49. The maximum absolute atomic E-state index is 12.6. The number of carbonyl (C=O) groups excluding carboxylic acids is 1. The quantitative estimate of drug-likeness (QED) is 0.799. The van der Waals surface area contributed by atoms with E-state index in [0.717, 1.165) is 0 Å². The average Bonchev–Trinajstić information content (AvgIpc) is 2.52. The lowest BCUT2D eigenvalue weighted by molar-refractivity contribution is -0.123. The fourth-order valence-corrected chi connectivity index (χ4v) is 4.01. The first kappa shape index (κ1) is 21.7. The molecule has 0 aliphatic carbocycles. The fraction of sp³-hybridized carbons (Fsp3) is 0.500. The Hall–Kier alpha value is -1.36. The van der Waals surface area contributed by atoms with Crippen LogP contribution in [0, 0.1) is 0 Å². The molecule has 11 heteroatoms. The molecule has 0 spiro atoms. The predicted molar refractivity (Wildman–Crippen MR) is 88.3 cm³/mol. The van der Waals surface area contributed by atoms with Gasteiger partial charge in [-0.2, -0.15) is 17.5 Å². The van der Waals surface area contributed by atoms with Crippen LogP contribution < -0.4 is 10.6 Å². The molecule has 1 fully saturated rings. The van der Waals surface area contributed by atoms with Crippen molar-refractivity contribution in [2.45, 2.75) is 24.0 Å². The topological polar surface area (TPSA) is 78.5 Å². The molecular formula is C14H19ClF3N3O3S. The van der Waals surface area contributed by atoms with Gasteiger partial charge in [-0.1, -0.05) is 0 Å². The van der Waals surface area contributed by atoms with Gasteiger partial charge in [-0.15, -0.1) is 12.4 Å². The lowest BCUT2D eigenvalue weighted by Crippen LogP contribution is -2.52. The van der Waals surface area contributed by atoms with E-state index in [9.17, 15) is 26.4 Å². The Morgan fingerprint density at radius 3 is 2.44 bits per heavy atom. The highest BCUT2D eigenvalue weighted by Crippen LogP contribution is 2.20. The number of nitrogens with zero attached hydrogens (tertiary/aromatic N) is 1. The molecule has 1 heterocycles. The van der Waals surface area contributed by atoms with Crippen molar-refractivity contribution in [3.8, 4) is 0 Å². The molecule has 1 amide bonds. The summed E-state index contributed by atoms with van der Waals surface area (Å²) in [6.45, 7) is 1.75. The first-order chi connectivity index (χ1) is 11.1. The molecule has 1 aliphatic rings. The van der Waals surface area contributed by atoms with Crippen LogP contribution in [-0.4, -0.2) is 57.0 Å². The number of halogens is 4. The van der Waals surface area contributed by atoms with Crippen LogP contribution >= 0.6 is 12.4 Å². The van der Waals surface area contributed by atoms with E-state index in [0.29, 0.717) is 19.6 Å². The van der Waals surface area contributed by atoms with Gasteiger partial charge in [0.1, 0.15) is 6.54 Å². The Kier molecular flexibility index (Phi) is 7.24. The summed E-state index contributed by atoms with van der Waals surface area (Å²) in [7, 11) is -3.71. The van der Waals surface area contributed by atoms with Crippen LogP contribution in [0.25, 0.3) is 0 Å². The zero-order chi connectivity index (χ0) is 18.0. The summed E-state index contributed by atoms with van der Waals surface area (Å²) in [6.07, 6.45) is -4.50. The molecule has 2 rings (SSSR count). The number of sulfonamides is 1. The lowest BCUT2D eigenvalue weighted by Gasteiger charge is -2.32. The molecule has 1 unspecified atom stereocenters. The number of piperazine rings is 1. The molecule has 2 N–H and O–H groups in total. The van der Waals surface area contributed by atoms with Gasteiger partial charge in [-0.25, -0.2) is 8.42 Å². The summed E-state index contributed by atoms with van der Waals surface area (Å²) in [6, 6.07) is 4.65. The molecule has 1 atom stereocenters. The number of hydrogen-bond acceptors (Lipinski definition) is 4. The molecule has 1 aromatic rings. The van der Waals surface area contributed by atoms with Crippen molar-refractivity contribution in [1.29, 1.82) is 0 Å². The number of benzene rings is 1. The van der Waals surface area contributed by atoms with Crippen LogP contribution in [0.4, 0.5) is 13.2 Å². The molecule has 1 saturated heterocycles. The van der Waals surface area contributed by atoms with Crippen LogP contribution in [0.3, 0.4) is 0 Å². The van der Waals surface area contributed by atoms with Gasteiger partial charge < -0.3 is 10.6 Å². The smallest absolute Gasteiger partial charge is 0.343 e. The van der Waals surface area contributed by atoms with E-state index in [4.69, 9.17) is 0 Å². The van der Waals surface area contributed by atoms with Crippen molar-refractivity contribution < 1.29 is 26.4 Å². The molecule has 25 heavy (non-hydrogen) atoms. The van der Waals surface area contributed by atoms with Crippen molar-refractivity contribution in [3.63, 3.8) is 0 Å². The monoisotopic (exact) mass is 401 g/mol. The third kappa shape index (κ3) is 5.56. The fourth-order valence-electron chi connectivity index (χ4n) is 2.38. The van der Waals surface area contributed by atoms with E-state index >= 15 is 0 Å². The second-order valence-corrected chi connectivity index (χ2v) is 7.38. The van der Waals surface area contributed by atoms with E-state index in [-0.39, 0.29) is 28.9 Å². The number of alkyl halides is 3. The molecule has 0 saturated carbocycles. The molecule has 0 bridgehead atoms. The highest BCUT2D eigenvalue weighted by atomic mass is 35.5. The van der Waals surface area contributed by atoms with Crippen LogP contribution in [0.1, 0.15) is 17.3 Å². The van der Waals surface area contributed by atoms with E-state index in [2.05, 4.69) is 5.32 Å². The molecular weight excluding hydrogens is 383 g/mol. The maximum atomic E-state index is 12.6. The number of nitrogens with one attached hydrogen (secondary N) is 2. The van der Waals surface area contributed by atoms with Gasteiger partial charge in [-0.3, -0.25) is 4.79 Å². The van der Waals surface area contributed by atoms with Crippen molar-refractivity contribution in [2.24, 2.45) is 0 Å². The van der Waals surface area contributed by atoms with Crippen molar-refractivity contribution in [2.75, 3.05) is 26.2 Å². The van der Waals surface area contributed by atoms with Crippen LogP contribution in [-0.2, 0) is 10.0 Å². The summed E-state index contributed by atoms with van der Waals surface area (Å²) in [5.41, 5.74) is -0.0356. The van der Waals surface area contributed by atoms with Gasteiger partial charge in [0, 0.05) is 31.2 Å². The van der Waals surface area contributed by atoms with Gasteiger partial charge in [0.2, 0.25) is 10.0 Å². The van der Waals surface area contributed by atoms with Crippen LogP contribution in [0.15, 0.2) is 29.2 Å². The third-order valence-electron chi connectivity index (χ3n) is 3.61. The zero-order valence-electron chi connectivity index (χ0n) is 13.3. The first-order valence-electron chi connectivity index (χ1n) is 7.29. The van der Waals surface area contributed by atoms with E-state index in [1.165, 1.54) is 28.6 Å². The van der Waals surface area contributed by atoms with Crippen LogP contribution in [0.5, 0.6) is 0 Å². The van der Waals surface area contributed by atoms with E-state index in [1.807, 2.05) is 0 Å². The van der Waals surface area contributed by atoms with Gasteiger partial charge in [-0.05, 0) is 31.2 Å². The predicted octanol–water partition coefficient (Wildman–Crippen LogP) is 1.38. The minimum absolute atomic E-state index is 0. The number of hydrogen-bond donors (Lipinski definition) is 2. The minimum Gasteiger partial charge on any atom is -0.343 e. The zero-order valence-corrected chi connectivity index (χ0v) is 15.0. The highest BCUT2D eigenvalue weighted by molar-refractivity contribution is 7.89. The molecule has 142 valence electrons. The summed E-state index contributed by atoms with van der Waals surface area (Å²) in [5, 5.41) is 4.82. The SMILES string of the molecule is CC1CNCCN1S(=O)(=O)c1ccc(C(=O)NCC(F)(F)F)cc1.Cl. The van der Waals surface area contributed by atoms with Crippen molar-refractivity contribution in [1.82, 2.24) is 14.9 Å². The van der Waals surface area contributed by atoms with E-state index in [1.54, 1.807) is 12.2 Å². The number of rotatable bonds is 4. The average molecular weight is 402 g/mol. The first-order valence-corrected chi connectivity index (χ1v) is 8.73. The normalized spacial score (nSPS) is 19.1. The Morgan fingerprint density at radius 2 is 1.92 bits per heavy atom. The van der Waals surface area contributed by atoms with Crippen molar-refractivity contribution >= 4 is 28.3 Å². The Balaban J connectivity index is 0.00000312. The summed E-state index contributed by atoms with van der Waals surface area (Å²) in [5.74, 6) is -0.910. The van der Waals surface area contributed by atoms with Gasteiger partial charge in [0.15, 0.2) is 0 Å². The van der Waals surface area contributed by atoms with Gasteiger partial charge in [0.05, 0.1) is 4.90 Å². The maximum Gasteiger partial charge on any atom is 0.405 e. The van der Waals surface area contributed by atoms with Crippen molar-refractivity contribution in [3.05, 3.63) is 29.8 Å². The van der Waals surface area contributed by atoms with Gasteiger partial charge in [0.25, 0.3) is 5.91 Å². The molecule has 0 aromatic heterocycles. The summed E-state index contributed by atoms with van der Waals surface area (Å²) >= 11 is 0. The van der Waals surface area contributed by atoms with Gasteiger partial charge >= 0.3 is 6.18 Å². The molecule has 6 nitrogen and oxygen atoms in total. The largest absolute Gasteiger partial charge is 0.405 e. The highest BCUT2D eigenvalue weighted by Gasteiger charge is 2.31. The Labute approximate surface area is 150 Å². The lowest BCUT2D eigenvalue weighted by atomic mass is 10.2. The Bertz CT molecular complexity index is 696.